The highest BCUT2D eigenvalue weighted by Gasteiger charge is 2.17. The zero-order valence-corrected chi connectivity index (χ0v) is 16.4. The predicted octanol–water partition coefficient (Wildman–Crippen LogP) is 2.95. The summed E-state index contributed by atoms with van der Waals surface area (Å²) in [5.41, 5.74) is 3.14. The molecule has 2 rings (SSSR count). The molecule has 0 atom stereocenters. The average Bonchev–Trinajstić information content (AvgIpc) is 2.96. The van der Waals surface area contributed by atoms with E-state index in [0.717, 1.165) is 42.3 Å². The Bertz CT molecular complexity index is 688. The Hall–Kier alpha value is -1.76. The molecule has 0 fully saturated rings. The number of rotatable bonds is 9. The molecule has 0 aliphatic heterocycles. The lowest BCUT2D eigenvalue weighted by Crippen LogP contribution is -2.31. The molecule has 0 saturated carbocycles. The number of nitrogens with one attached hydrogen (secondary N) is 1. The second-order valence-electron chi connectivity index (χ2n) is 6.29. The summed E-state index contributed by atoms with van der Waals surface area (Å²) >= 11 is 6.26. The van der Waals surface area contributed by atoms with Crippen molar-refractivity contribution >= 4 is 11.6 Å². The summed E-state index contributed by atoms with van der Waals surface area (Å²) in [6.07, 6.45) is 1.73. The molecule has 0 radical (unpaired) electrons. The number of aromatic nitrogens is 2. The Labute approximate surface area is 154 Å². The van der Waals surface area contributed by atoms with Gasteiger partial charge >= 0.3 is 0 Å². The van der Waals surface area contributed by atoms with Crippen molar-refractivity contribution in [3.8, 4) is 11.5 Å². The number of benzene rings is 1. The average molecular weight is 367 g/mol. The highest BCUT2D eigenvalue weighted by Crippen LogP contribution is 2.35. The molecule has 0 spiro atoms. The normalized spacial score (nSPS) is 11.4. The lowest BCUT2D eigenvalue weighted by atomic mass is 10.1. The predicted molar refractivity (Wildman–Crippen MR) is 101 cm³/mol. The van der Waals surface area contributed by atoms with Crippen molar-refractivity contribution in [3.05, 3.63) is 40.4 Å². The lowest BCUT2D eigenvalue weighted by Gasteiger charge is -2.25. The number of H-pyrrole nitrogens is 1. The highest BCUT2D eigenvalue weighted by molar-refractivity contribution is 6.30. The summed E-state index contributed by atoms with van der Waals surface area (Å²) in [7, 11) is 7.41. The molecule has 0 aliphatic rings. The largest absolute Gasteiger partial charge is 0.493 e. The number of likely N-dealkylation sites (N-methyl/N-ethyl adjacent to an activating group) is 1. The highest BCUT2D eigenvalue weighted by atomic mass is 35.5. The van der Waals surface area contributed by atoms with E-state index in [1.807, 2.05) is 13.0 Å². The van der Waals surface area contributed by atoms with Crippen LogP contribution < -0.4 is 9.47 Å². The fourth-order valence-electron chi connectivity index (χ4n) is 2.68. The van der Waals surface area contributed by atoms with Crippen molar-refractivity contribution in [2.75, 3.05) is 41.4 Å². The SMILES string of the molecule is COc1cc(Cl)cc(CN(CCN(C)C)Cc2nc[nH]c2C)c1OC. The number of hydrogen-bond acceptors (Lipinski definition) is 5. The lowest BCUT2D eigenvalue weighted by molar-refractivity contribution is 0.220. The molecule has 6 nitrogen and oxygen atoms in total. The Morgan fingerprint density at radius 1 is 1.12 bits per heavy atom. The number of methoxy groups -OCH3 is 2. The Kier molecular flexibility index (Phi) is 7.11. The van der Waals surface area contributed by atoms with Gasteiger partial charge in [0.25, 0.3) is 0 Å². The monoisotopic (exact) mass is 366 g/mol. The molecule has 0 aliphatic carbocycles. The smallest absolute Gasteiger partial charge is 0.165 e. The minimum Gasteiger partial charge on any atom is -0.493 e. The number of imidazole rings is 1. The molecule has 2 aromatic rings. The zero-order chi connectivity index (χ0) is 18.4. The van der Waals surface area contributed by atoms with Gasteiger partial charge in [-0.3, -0.25) is 4.90 Å². The van der Waals surface area contributed by atoms with E-state index in [9.17, 15) is 0 Å². The number of aryl methyl sites for hydroxylation is 1. The molecule has 1 aromatic heterocycles. The zero-order valence-electron chi connectivity index (χ0n) is 15.6. The molecule has 0 saturated heterocycles. The number of hydrogen-bond donors (Lipinski definition) is 1. The van der Waals surface area contributed by atoms with Gasteiger partial charge in [0.1, 0.15) is 0 Å². The van der Waals surface area contributed by atoms with Gasteiger partial charge in [0.05, 0.1) is 26.2 Å². The van der Waals surface area contributed by atoms with Gasteiger partial charge < -0.3 is 19.4 Å². The molecule has 7 heteroatoms. The van der Waals surface area contributed by atoms with Crippen LogP contribution in [-0.4, -0.2) is 61.2 Å². The molecule has 25 heavy (non-hydrogen) atoms. The first-order valence-electron chi connectivity index (χ1n) is 8.21. The maximum absolute atomic E-state index is 6.26. The van der Waals surface area contributed by atoms with Gasteiger partial charge in [-0.1, -0.05) is 11.6 Å². The Morgan fingerprint density at radius 3 is 2.44 bits per heavy atom. The first-order chi connectivity index (χ1) is 11.9. The third-order valence-corrected chi connectivity index (χ3v) is 4.30. The molecule has 1 aromatic carbocycles. The summed E-state index contributed by atoms with van der Waals surface area (Å²) in [5, 5.41) is 0.635. The second kappa shape index (κ2) is 9.08. The summed E-state index contributed by atoms with van der Waals surface area (Å²) in [6.45, 7) is 5.33. The molecule has 1 N–H and O–H groups in total. The second-order valence-corrected chi connectivity index (χ2v) is 6.73. The Morgan fingerprint density at radius 2 is 1.88 bits per heavy atom. The van der Waals surface area contributed by atoms with Crippen LogP contribution in [0.2, 0.25) is 5.02 Å². The third-order valence-electron chi connectivity index (χ3n) is 4.09. The van der Waals surface area contributed by atoms with Crippen molar-refractivity contribution in [1.29, 1.82) is 0 Å². The van der Waals surface area contributed by atoms with Crippen molar-refractivity contribution in [2.45, 2.75) is 20.0 Å². The van der Waals surface area contributed by atoms with E-state index in [2.05, 4.69) is 33.9 Å². The van der Waals surface area contributed by atoms with Crippen LogP contribution in [0.5, 0.6) is 11.5 Å². The summed E-state index contributed by atoms with van der Waals surface area (Å²) < 4.78 is 11.0. The maximum Gasteiger partial charge on any atom is 0.165 e. The van der Waals surface area contributed by atoms with E-state index in [1.165, 1.54) is 0 Å². The quantitative estimate of drug-likeness (QED) is 0.739. The summed E-state index contributed by atoms with van der Waals surface area (Å²) in [6, 6.07) is 3.70. The van der Waals surface area contributed by atoms with E-state index in [-0.39, 0.29) is 0 Å². The molecule has 1 heterocycles. The molecule has 0 amide bonds. The third kappa shape index (κ3) is 5.36. The molecule has 138 valence electrons. The Balaban J connectivity index is 2.26. The van der Waals surface area contributed by atoms with Crippen LogP contribution in [0.3, 0.4) is 0 Å². The van der Waals surface area contributed by atoms with Gasteiger partial charge in [0, 0.05) is 48.5 Å². The van der Waals surface area contributed by atoms with Gasteiger partial charge in [-0.2, -0.15) is 0 Å². The number of aromatic amines is 1. The first-order valence-corrected chi connectivity index (χ1v) is 8.58. The van der Waals surface area contributed by atoms with Crippen LogP contribution in [0.15, 0.2) is 18.5 Å². The van der Waals surface area contributed by atoms with Gasteiger partial charge in [-0.15, -0.1) is 0 Å². The van der Waals surface area contributed by atoms with Crippen LogP contribution >= 0.6 is 11.6 Å². The summed E-state index contributed by atoms with van der Waals surface area (Å²) in [4.78, 5) is 12.1. The van der Waals surface area contributed by atoms with Crippen LogP contribution in [0, 0.1) is 6.92 Å². The van der Waals surface area contributed by atoms with E-state index in [0.29, 0.717) is 17.3 Å². The molecule has 0 unspecified atom stereocenters. The van der Waals surface area contributed by atoms with Gasteiger partial charge in [0.2, 0.25) is 0 Å². The fraction of sp³-hybridized carbons (Fsp3) is 0.500. The van der Waals surface area contributed by atoms with Crippen molar-refractivity contribution < 1.29 is 9.47 Å². The van der Waals surface area contributed by atoms with Crippen molar-refractivity contribution in [1.82, 2.24) is 19.8 Å². The minimum atomic E-state index is 0.635. The van der Waals surface area contributed by atoms with Gasteiger partial charge in [0.15, 0.2) is 11.5 Å². The maximum atomic E-state index is 6.26. The first kappa shape index (κ1) is 19.6. The minimum absolute atomic E-state index is 0.635. The fourth-order valence-corrected chi connectivity index (χ4v) is 2.91. The standard InChI is InChI=1S/C18H27ClN4O2/c1-13-16(21-12-20-13)11-23(7-6-22(2)3)10-14-8-15(19)9-17(24-4)18(14)25-5/h8-9,12H,6-7,10-11H2,1-5H3,(H,20,21). The van der Waals surface area contributed by atoms with Crippen LogP contribution in [-0.2, 0) is 13.1 Å². The number of ether oxygens (including phenoxy) is 2. The topological polar surface area (TPSA) is 53.6 Å². The van der Waals surface area contributed by atoms with E-state index in [1.54, 1.807) is 26.6 Å². The van der Waals surface area contributed by atoms with E-state index in [4.69, 9.17) is 21.1 Å². The number of nitrogens with zero attached hydrogens (tertiary/aromatic N) is 3. The molecular weight excluding hydrogens is 340 g/mol. The van der Waals surface area contributed by atoms with Crippen molar-refractivity contribution in [2.24, 2.45) is 0 Å². The summed E-state index contributed by atoms with van der Waals surface area (Å²) in [5.74, 6) is 1.37. The van der Waals surface area contributed by atoms with Gasteiger partial charge in [-0.05, 0) is 27.1 Å². The van der Waals surface area contributed by atoms with Gasteiger partial charge in [-0.25, -0.2) is 4.98 Å². The van der Waals surface area contributed by atoms with Crippen LogP contribution in [0.25, 0.3) is 0 Å². The van der Waals surface area contributed by atoms with Crippen molar-refractivity contribution in [3.63, 3.8) is 0 Å². The van der Waals surface area contributed by atoms with Crippen LogP contribution in [0.1, 0.15) is 17.0 Å². The molecule has 0 bridgehead atoms. The molecular formula is C18H27ClN4O2. The van der Waals surface area contributed by atoms with E-state index < -0.39 is 0 Å². The number of halogens is 1. The van der Waals surface area contributed by atoms with E-state index >= 15 is 0 Å². The van der Waals surface area contributed by atoms with Crippen LogP contribution in [0.4, 0.5) is 0 Å².